The third-order valence-electron chi connectivity index (χ3n) is 5.36. The summed E-state index contributed by atoms with van der Waals surface area (Å²) in [5, 5.41) is 0. The maximum Gasteiger partial charge on any atom is 0.00575 e. The van der Waals surface area contributed by atoms with Crippen molar-refractivity contribution in [1.82, 2.24) is 0 Å². The van der Waals surface area contributed by atoms with Crippen LogP contribution in [0, 0.1) is 25.7 Å². The molecule has 2 aliphatic carbocycles. The highest BCUT2D eigenvalue weighted by atomic mass is 32.1. The average molecular weight is 248 g/mol. The molecule has 17 heavy (non-hydrogen) atoms. The smallest absolute Gasteiger partial charge is 0.00575 e. The molecule has 0 aliphatic heterocycles. The largest absolute Gasteiger partial charge is 0.145 e. The topological polar surface area (TPSA) is 0 Å². The molecule has 0 saturated heterocycles. The van der Waals surface area contributed by atoms with E-state index in [1.54, 1.807) is 20.9 Å². The Morgan fingerprint density at radius 2 is 1.82 bits per heavy atom. The van der Waals surface area contributed by atoms with E-state index in [1.807, 2.05) is 11.3 Å². The maximum atomic E-state index is 2.49. The zero-order valence-corrected chi connectivity index (χ0v) is 12.6. The van der Waals surface area contributed by atoms with Crippen molar-refractivity contribution in [3.63, 3.8) is 0 Å². The molecule has 0 N–H and O–H groups in total. The molecule has 3 rings (SSSR count). The van der Waals surface area contributed by atoms with Crippen LogP contribution >= 0.6 is 11.3 Å². The highest BCUT2D eigenvalue weighted by molar-refractivity contribution is 7.12. The molecule has 0 bridgehead atoms. The van der Waals surface area contributed by atoms with Gasteiger partial charge < -0.3 is 0 Å². The Bertz CT molecular complexity index is 452. The van der Waals surface area contributed by atoms with Crippen molar-refractivity contribution in [1.29, 1.82) is 0 Å². The summed E-state index contributed by atoms with van der Waals surface area (Å²) in [6.07, 6.45) is 4.31. The minimum Gasteiger partial charge on any atom is -0.145 e. The van der Waals surface area contributed by atoms with Crippen molar-refractivity contribution < 1.29 is 0 Å². The van der Waals surface area contributed by atoms with Crippen LogP contribution in [-0.4, -0.2) is 0 Å². The van der Waals surface area contributed by atoms with E-state index in [0.29, 0.717) is 5.41 Å². The van der Waals surface area contributed by atoms with E-state index < -0.39 is 0 Å². The average Bonchev–Trinajstić information content (AvgIpc) is 2.64. The van der Waals surface area contributed by atoms with Crippen LogP contribution in [0.2, 0.25) is 0 Å². The molecule has 0 radical (unpaired) electrons. The SMILES string of the molecule is Cc1sc(C)c2c1[C@@H]1C[C@@H](C)CC[C@H]1C2(C)C. The van der Waals surface area contributed by atoms with Gasteiger partial charge in [0.05, 0.1) is 0 Å². The molecule has 94 valence electrons. The van der Waals surface area contributed by atoms with Crippen LogP contribution in [0.15, 0.2) is 0 Å². The van der Waals surface area contributed by atoms with Gasteiger partial charge in [0.25, 0.3) is 0 Å². The van der Waals surface area contributed by atoms with E-state index in [2.05, 4.69) is 34.6 Å². The van der Waals surface area contributed by atoms with Gasteiger partial charge in [0.2, 0.25) is 0 Å². The quantitative estimate of drug-likeness (QED) is 0.594. The lowest BCUT2D eigenvalue weighted by molar-refractivity contribution is 0.195. The second-order valence-electron chi connectivity index (χ2n) is 6.86. The number of fused-ring (bicyclic) bond motifs is 3. The molecule has 1 aromatic heterocycles. The lowest BCUT2D eigenvalue weighted by Gasteiger charge is -2.38. The van der Waals surface area contributed by atoms with Crippen LogP contribution in [-0.2, 0) is 5.41 Å². The Morgan fingerprint density at radius 1 is 1.12 bits per heavy atom. The first kappa shape index (κ1) is 11.8. The van der Waals surface area contributed by atoms with Gasteiger partial charge in [-0.3, -0.25) is 0 Å². The minimum absolute atomic E-state index is 0.426. The second-order valence-corrected chi connectivity index (χ2v) is 8.28. The van der Waals surface area contributed by atoms with Crippen LogP contribution in [0.25, 0.3) is 0 Å². The Labute approximate surface area is 109 Å². The van der Waals surface area contributed by atoms with Gasteiger partial charge >= 0.3 is 0 Å². The van der Waals surface area contributed by atoms with Crippen molar-refractivity contribution in [3.05, 3.63) is 20.9 Å². The van der Waals surface area contributed by atoms with Crippen molar-refractivity contribution in [2.24, 2.45) is 11.8 Å². The number of thiophene rings is 1. The summed E-state index contributed by atoms with van der Waals surface area (Å²) in [5.74, 6) is 2.71. The highest BCUT2D eigenvalue weighted by Gasteiger charge is 2.50. The Morgan fingerprint density at radius 3 is 2.53 bits per heavy atom. The summed E-state index contributed by atoms with van der Waals surface area (Å²) in [4.78, 5) is 3.19. The first-order valence-corrected chi connectivity index (χ1v) is 7.85. The van der Waals surface area contributed by atoms with Gasteiger partial charge in [-0.05, 0) is 61.0 Å². The van der Waals surface area contributed by atoms with E-state index >= 15 is 0 Å². The summed E-state index contributed by atoms with van der Waals surface area (Å²) in [5.41, 5.74) is 3.91. The van der Waals surface area contributed by atoms with Crippen LogP contribution in [0.4, 0.5) is 0 Å². The van der Waals surface area contributed by atoms with E-state index in [-0.39, 0.29) is 0 Å². The van der Waals surface area contributed by atoms with Gasteiger partial charge in [-0.1, -0.05) is 27.2 Å². The summed E-state index contributed by atoms with van der Waals surface area (Å²) in [7, 11) is 0. The number of hydrogen-bond acceptors (Lipinski definition) is 1. The van der Waals surface area contributed by atoms with Crippen LogP contribution in [0.3, 0.4) is 0 Å². The number of aryl methyl sites for hydroxylation is 2. The fourth-order valence-electron chi connectivity index (χ4n) is 4.70. The van der Waals surface area contributed by atoms with Crippen molar-refractivity contribution >= 4 is 11.3 Å². The third-order valence-corrected chi connectivity index (χ3v) is 6.40. The van der Waals surface area contributed by atoms with Crippen molar-refractivity contribution in [2.75, 3.05) is 0 Å². The molecule has 1 aromatic rings. The summed E-state index contributed by atoms with van der Waals surface area (Å²) in [6, 6.07) is 0. The van der Waals surface area contributed by atoms with Crippen LogP contribution in [0.5, 0.6) is 0 Å². The zero-order chi connectivity index (χ0) is 12.4. The summed E-state index contributed by atoms with van der Waals surface area (Å²) in [6.45, 7) is 12.1. The van der Waals surface area contributed by atoms with E-state index in [9.17, 15) is 0 Å². The molecule has 2 aliphatic rings. The second kappa shape index (κ2) is 3.60. The first-order valence-electron chi connectivity index (χ1n) is 7.03. The molecule has 3 atom stereocenters. The predicted octanol–water partition coefficient (Wildman–Crippen LogP) is 5.18. The molecule has 0 unspecified atom stereocenters. The van der Waals surface area contributed by atoms with Crippen LogP contribution < -0.4 is 0 Å². The molecule has 0 spiro atoms. The Hall–Kier alpha value is -0.300. The molecule has 0 nitrogen and oxygen atoms in total. The molecule has 1 fully saturated rings. The fourth-order valence-corrected chi connectivity index (χ4v) is 6.00. The predicted molar refractivity (Wildman–Crippen MR) is 76.1 cm³/mol. The number of hydrogen-bond donors (Lipinski definition) is 0. The van der Waals surface area contributed by atoms with Gasteiger partial charge in [-0.15, -0.1) is 11.3 Å². The molecule has 1 saturated carbocycles. The van der Waals surface area contributed by atoms with Gasteiger partial charge in [-0.25, -0.2) is 0 Å². The molecular formula is C16H24S. The summed E-state index contributed by atoms with van der Waals surface area (Å²) < 4.78 is 0. The zero-order valence-electron chi connectivity index (χ0n) is 11.8. The third kappa shape index (κ3) is 1.47. The van der Waals surface area contributed by atoms with E-state index in [4.69, 9.17) is 0 Å². The van der Waals surface area contributed by atoms with Gasteiger partial charge in [0, 0.05) is 9.75 Å². The molecule has 1 heteroatoms. The lowest BCUT2D eigenvalue weighted by Crippen LogP contribution is -2.30. The van der Waals surface area contributed by atoms with Crippen LogP contribution in [0.1, 0.15) is 66.8 Å². The van der Waals surface area contributed by atoms with E-state index in [0.717, 1.165) is 17.8 Å². The summed E-state index contributed by atoms with van der Waals surface area (Å²) >= 11 is 2.03. The Kier molecular flexibility index (Phi) is 2.49. The molecule has 0 amide bonds. The minimum atomic E-state index is 0.426. The standard InChI is InChI=1S/C16H24S/c1-9-6-7-13-12(8-9)14-10(2)17-11(3)15(14)16(13,4)5/h9,12-13H,6-8H2,1-5H3/t9-,12+,13+/m0/s1. The molecule has 1 heterocycles. The Balaban J connectivity index is 2.15. The number of rotatable bonds is 0. The molecular weight excluding hydrogens is 224 g/mol. The molecule has 0 aromatic carbocycles. The van der Waals surface area contributed by atoms with Crippen molar-refractivity contribution in [3.8, 4) is 0 Å². The lowest BCUT2D eigenvalue weighted by atomic mass is 9.67. The van der Waals surface area contributed by atoms with E-state index in [1.165, 1.54) is 19.3 Å². The first-order chi connectivity index (χ1) is 7.93. The maximum absolute atomic E-state index is 2.49. The van der Waals surface area contributed by atoms with Crippen molar-refractivity contribution in [2.45, 2.75) is 65.2 Å². The van der Waals surface area contributed by atoms with Gasteiger partial charge in [0.15, 0.2) is 0 Å². The normalized spacial score (nSPS) is 34.5. The monoisotopic (exact) mass is 248 g/mol. The van der Waals surface area contributed by atoms with Gasteiger partial charge in [-0.2, -0.15) is 0 Å². The fraction of sp³-hybridized carbons (Fsp3) is 0.750. The highest BCUT2D eigenvalue weighted by Crippen LogP contribution is 2.60. The van der Waals surface area contributed by atoms with Gasteiger partial charge in [0.1, 0.15) is 0 Å².